The molecular weight excluding hydrogens is 152 g/mol. The molecule has 46 valence electrons. The molecule has 0 rings (SSSR count). The van der Waals surface area contributed by atoms with Crippen molar-refractivity contribution in [1.29, 1.82) is 0 Å². The van der Waals surface area contributed by atoms with E-state index in [2.05, 4.69) is 0 Å². The number of aliphatic hydroxyl groups excluding tert-OH is 2. The van der Waals surface area contributed by atoms with E-state index < -0.39 is 6.10 Å². The molecule has 2 N–H and O–H groups in total. The third-order valence-corrected chi connectivity index (χ3v) is 0.264. The van der Waals surface area contributed by atoms with Crippen LogP contribution in [0.2, 0.25) is 0 Å². The van der Waals surface area contributed by atoms with Gasteiger partial charge in [0, 0.05) is 16.8 Å². The van der Waals surface area contributed by atoms with Gasteiger partial charge in [-0.05, 0) is 6.92 Å². The molecule has 6 radical (unpaired) electrons. The van der Waals surface area contributed by atoms with Gasteiger partial charge in [-0.25, -0.2) is 0 Å². The topological polar surface area (TPSA) is 69.0 Å². The largest absolute Gasteiger partial charge is 2.00 e. The fourth-order valence-electron chi connectivity index (χ4n) is 0. The quantitative estimate of drug-likeness (QED) is 0.374. The number of aliphatic hydroxyl groups is 2. The first kappa shape index (κ1) is 40.3. The summed E-state index contributed by atoms with van der Waals surface area (Å²) in [6.07, 6.45) is -0.560. The van der Waals surface area contributed by atoms with Crippen molar-refractivity contribution in [2.45, 2.75) is 13.0 Å². The molecule has 0 aliphatic carbocycles. The molecule has 0 saturated heterocycles. The van der Waals surface area contributed by atoms with E-state index in [1.807, 2.05) is 0 Å². The summed E-state index contributed by atoms with van der Waals surface area (Å²) in [6, 6.07) is 0. The van der Waals surface area contributed by atoms with Crippen molar-refractivity contribution in [2.75, 3.05) is 6.61 Å². The number of rotatable bonds is 1. The van der Waals surface area contributed by atoms with E-state index in [4.69, 9.17) is 10.2 Å². The summed E-state index contributed by atoms with van der Waals surface area (Å²) in [5.41, 5.74) is 0. The van der Waals surface area contributed by atoms with Crippen molar-refractivity contribution >= 4 is 16.8 Å². The van der Waals surface area contributed by atoms with Gasteiger partial charge < -0.3 is 15.7 Å². The summed E-state index contributed by atoms with van der Waals surface area (Å²) in [7, 11) is 0. The predicted octanol–water partition coefficient (Wildman–Crippen LogP) is -7.51. The summed E-state index contributed by atoms with van der Waals surface area (Å²) < 4.78 is 0. The minimum Gasteiger partial charge on any atom is -2.00 e. The van der Waals surface area contributed by atoms with Crippen LogP contribution in [0.3, 0.4) is 0 Å². The van der Waals surface area contributed by atoms with Crippen LogP contribution in [-0.4, -0.2) is 39.7 Å². The van der Waals surface area contributed by atoms with Crippen LogP contribution < -0.4 is 59.1 Å². The van der Waals surface area contributed by atoms with E-state index in [0.29, 0.717) is 0 Å². The minimum atomic E-state index is -0.560. The van der Waals surface area contributed by atoms with Gasteiger partial charge in [-0.2, -0.15) is 0 Å². The number of hydrogen-bond donors (Lipinski definition) is 2. The summed E-state index contributed by atoms with van der Waals surface area (Å²) in [5.74, 6) is 0. The SMILES string of the molecule is CC(O)CO.[B].[B].[Na+].[Na+].[O-2]. The maximum atomic E-state index is 8.11. The Morgan fingerprint density at radius 3 is 1.30 bits per heavy atom. The van der Waals surface area contributed by atoms with Crippen molar-refractivity contribution in [2.24, 2.45) is 0 Å². The van der Waals surface area contributed by atoms with Crippen molar-refractivity contribution in [3.63, 3.8) is 0 Å². The molecule has 0 saturated carbocycles. The van der Waals surface area contributed by atoms with Crippen molar-refractivity contribution in [1.82, 2.24) is 0 Å². The summed E-state index contributed by atoms with van der Waals surface area (Å²) in [4.78, 5) is 0. The van der Waals surface area contributed by atoms with Crippen LogP contribution in [0.5, 0.6) is 0 Å². The molecule has 0 amide bonds. The molecular formula is C3H8B2Na2O3. The first-order chi connectivity index (χ1) is 2.27. The Hall–Kier alpha value is 2.01. The predicted molar refractivity (Wildman–Crippen MR) is 31.0 cm³/mol. The molecule has 0 aromatic rings. The van der Waals surface area contributed by atoms with Gasteiger partial charge in [0.25, 0.3) is 0 Å². The molecule has 10 heavy (non-hydrogen) atoms. The molecule has 7 heteroatoms. The molecule has 0 fully saturated rings. The third-order valence-electron chi connectivity index (χ3n) is 0.264. The van der Waals surface area contributed by atoms with E-state index in [1.54, 1.807) is 0 Å². The van der Waals surface area contributed by atoms with Gasteiger partial charge >= 0.3 is 59.1 Å². The van der Waals surface area contributed by atoms with Gasteiger partial charge in [-0.1, -0.05) is 0 Å². The Kier molecular flexibility index (Phi) is 123. The second-order valence-corrected chi connectivity index (χ2v) is 1.03. The molecule has 3 nitrogen and oxygen atoms in total. The van der Waals surface area contributed by atoms with E-state index in [1.165, 1.54) is 6.92 Å². The molecule has 0 heterocycles. The average molecular weight is 160 g/mol. The molecule has 1 atom stereocenters. The molecule has 0 aromatic heterocycles. The van der Waals surface area contributed by atoms with Crippen LogP contribution >= 0.6 is 0 Å². The second-order valence-electron chi connectivity index (χ2n) is 1.03. The normalized spacial score (nSPS) is 7.50. The van der Waals surface area contributed by atoms with Crippen molar-refractivity contribution < 1.29 is 74.8 Å². The molecule has 0 aromatic carbocycles. The van der Waals surface area contributed by atoms with Crippen molar-refractivity contribution in [3.05, 3.63) is 0 Å². The Balaban J connectivity index is -0.00000000800. The van der Waals surface area contributed by atoms with Gasteiger partial charge in [0.05, 0.1) is 12.7 Å². The first-order valence-corrected chi connectivity index (χ1v) is 1.56. The zero-order valence-corrected chi connectivity index (χ0v) is 10.7. The smallest absolute Gasteiger partial charge is 1.00 e. The minimum absolute atomic E-state index is 0. The van der Waals surface area contributed by atoms with Crippen LogP contribution in [0, 0.1) is 0 Å². The number of hydrogen-bond acceptors (Lipinski definition) is 2. The van der Waals surface area contributed by atoms with Crippen molar-refractivity contribution in [3.8, 4) is 0 Å². The Bertz CT molecular complexity index is 33.7. The third kappa shape index (κ3) is 50.5. The molecule has 1 unspecified atom stereocenters. The Morgan fingerprint density at radius 1 is 1.20 bits per heavy atom. The zero-order valence-electron chi connectivity index (χ0n) is 6.74. The van der Waals surface area contributed by atoms with Crippen LogP contribution in [0.15, 0.2) is 0 Å². The van der Waals surface area contributed by atoms with Crippen LogP contribution in [-0.2, 0) is 5.48 Å². The fourth-order valence-corrected chi connectivity index (χ4v) is 0. The molecule has 0 spiro atoms. The Labute approximate surface area is 110 Å². The Morgan fingerprint density at radius 2 is 1.30 bits per heavy atom. The van der Waals surface area contributed by atoms with E-state index in [0.717, 1.165) is 0 Å². The summed E-state index contributed by atoms with van der Waals surface area (Å²) in [6.45, 7) is 1.39. The standard InChI is InChI=1S/C3H8O2.2B.2Na.O/c1-3(5)2-4;;;;;/h3-5H,2H2,1H3;;;;;/q;;;2*+1;-2. The monoisotopic (exact) mass is 160 g/mol. The molecule has 0 bridgehead atoms. The molecule has 0 aliphatic rings. The van der Waals surface area contributed by atoms with Gasteiger partial charge in [-0.15, -0.1) is 0 Å². The van der Waals surface area contributed by atoms with Crippen LogP contribution in [0.25, 0.3) is 0 Å². The summed E-state index contributed by atoms with van der Waals surface area (Å²) >= 11 is 0. The second kappa shape index (κ2) is 30.5. The van der Waals surface area contributed by atoms with E-state index in [9.17, 15) is 0 Å². The average Bonchev–Trinajstić information content (AvgIpc) is 1.38. The van der Waals surface area contributed by atoms with Crippen LogP contribution in [0.1, 0.15) is 6.92 Å². The van der Waals surface area contributed by atoms with E-state index in [-0.39, 0.29) is 88.0 Å². The van der Waals surface area contributed by atoms with Gasteiger partial charge in [0.2, 0.25) is 0 Å². The van der Waals surface area contributed by atoms with Gasteiger partial charge in [0.1, 0.15) is 0 Å². The van der Waals surface area contributed by atoms with E-state index >= 15 is 0 Å². The molecule has 0 aliphatic heterocycles. The van der Waals surface area contributed by atoms with Crippen LogP contribution in [0.4, 0.5) is 0 Å². The fraction of sp³-hybridized carbons (Fsp3) is 1.00. The maximum Gasteiger partial charge on any atom is 1.00 e. The maximum absolute atomic E-state index is 8.11. The van der Waals surface area contributed by atoms with Gasteiger partial charge in [0.15, 0.2) is 0 Å². The zero-order chi connectivity index (χ0) is 4.28. The summed E-state index contributed by atoms with van der Waals surface area (Å²) in [5, 5.41) is 16.0. The van der Waals surface area contributed by atoms with Gasteiger partial charge in [-0.3, -0.25) is 0 Å². The first-order valence-electron chi connectivity index (χ1n) is 1.56.